The van der Waals surface area contributed by atoms with Gasteiger partial charge in [0.25, 0.3) is 0 Å². The number of hydrogen-bond donors (Lipinski definition) is 6. The van der Waals surface area contributed by atoms with Crippen molar-refractivity contribution in [2.45, 2.75) is 6.54 Å². The van der Waals surface area contributed by atoms with Gasteiger partial charge in [0.05, 0.1) is 16.8 Å². The van der Waals surface area contributed by atoms with Crippen molar-refractivity contribution >= 4 is 23.3 Å². The van der Waals surface area contributed by atoms with Crippen LogP contribution in [-0.2, 0) is 6.54 Å². The summed E-state index contributed by atoms with van der Waals surface area (Å²) in [5, 5.41) is 22.0. The summed E-state index contributed by atoms with van der Waals surface area (Å²) in [6.45, 7) is -0.0561. The third-order valence-corrected chi connectivity index (χ3v) is 4.94. The van der Waals surface area contributed by atoms with E-state index in [0.717, 1.165) is 12.1 Å². The lowest BCUT2D eigenvalue weighted by Gasteiger charge is -2.15. The van der Waals surface area contributed by atoms with Crippen molar-refractivity contribution in [2.24, 2.45) is 11.6 Å². The first-order valence-electron chi connectivity index (χ1n) is 9.57. The van der Waals surface area contributed by atoms with Gasteiger partial charge in [-0.1, -0.05) is 18.2 Å². The summed E-state index contributed by atoms with van der Waals surface area (Å²) in [5.74, 6) is 0.994. The zero-order chi connectivity index (χ0) is 24.1. The zero-order valence-corrected chi connectivity index (χ0v) is 17.1. The Bertz CT molecular complexity index is 1260. The number of halogens is 2. The number of carboxylic acids is 2. The summed E-state index contributed by atoms with van der Waals surface area (Å²) in [5.41, 5.74) is 10.0. The predicted molar refractivity (Wildman–Crippen MR) is 119 cm³/mol. The third kappa shape index (κ3) is 5.08. The number of rotatable bonds is 8. The van der Waals surface area contributed by atoms with Crippen LogP contribution in [0.3, 0.4) is 0 Å². The van der Waals surface area contributed by atoms with E-state index in [-0.39, 0.29) is 23.4 Å². The molecule has 0 aliphatic heterocycles. The molecule has 0 aliphatic carbocycles. The van der Waals surface area contributed by atoms with Gasteiger partial charge in [-0.05, 0) is 53.1 Å². The molecule has 0 aromatic heterocycles. The van der Waals surface area contributed by atoms with Crippen LogP contribution in [0.4, 0.5) is 14.5 Å². The largest absolute Gasteiger partial charge is 0.478 e. The molecule has 0 radical (unpaired) electrons. The molecule has 3 rings (SSSR count). The van der Waals surface area contributed by atoms with Crippen molar-refractivity contribution in [2.75, 3.05) is 5.32 Å². The number of nitrogens with one attached hydrogen (secondary N) is 2. The maximum atomic E-state index is 13.7. The first kappa shape index (κ1) is 23.2. The number of hydrogen-bond acceptors (Lipinski definition) is 6. The van der Waals surface area contributed by atoms with Gasteiger partial charge >= 0.3 is 11.9 Å². The summed E-state index contributed by atoms with van der Waals surface area (Å²) < 4.78 is 26.9. The van der Waals surface area contributed by atoms with Crippen LogP contribution in [0.25, 0.3) is 16.8 Å². The van der Waals surface area contributed by atoms with Crippen LogP contribution in [0.15, 0.2) is 60.8 Å². The Kier molecular flexibility index (Phi) is 6.89. The lowest BCUT2D eigenvalue weighted by Crippen LogP contribution is -2.21. The lowest BCUT2D eigenvalue weighted by molar-refractivity contribution is 0.0685. The van der Waals surface area contributed by atoms with E-state index in [9.17, 15) is 28.6 Å². The number of aromatic carboxylic acids is 2. The van der Waals surface area contributed by atoms with Crippen molar-refractivity contribution in [3.05, 3.63) is 94.7 Å². The minimum atomic E-state index is -1.22. The second-order valence-corrected chi connectivity index (χ2v) is 6.95. The van der Waals surface area contributed by atoms with Gasteiger partial charge in [-0.2, -0.15) is 0 Å². The van der Waals surface area contributed by atoms with E-state index in [4.69, 9.17) is 11.6 Å². The SMILES string of the molecule is N/C=C(\NN)c1ccc(C(=O)O)c(CNc2cc(-c3ccc(F)c(F)c3)ccc2C(=O)O)c1. The third-order valence-electron chi connectivity index (χ3n) is 4.94. The van der Waals surface area contributed by atoms with E-state index < -0.39 is 23.6 Å². The molecule has 10 heteroatoms. The molecule has 0 unspecified atom stereocenters. The lowest BCUT2D eigenvalue weighted by atomic mass is 10.0. The van der Waals surface area contributed by atoms with Crippen molar-refractivity contribution in [3.8, 4) is 11.1 Å². The number of carboxylic acid groups (broad SMARTS) is 2. The molecule has 8 nitrogen and oxygen atoms in total. The Balaban J connectivity index is 2.00. The minimum absolute atomic E-state index is 0.00622. The molecule has 0 fully saturated rings. The van der Waals surface area contributed by atoms with Crippen LogP contribution in [0, 0.1) is 11.6 Å². The van der Waals surface area contributed by atoms with Crippen LogP contribution in [0.2, 0.25) is 0 Å². The first-order chi connectivity index (χ1) is 15.7. The molecule has 0 atom stereocenters. The quantitative estimate of drug-likeness (QED) is 0.224. The molecule has 0 heterocycles. The molecule has 8 N–H and O–H groups in total. The standard InChI is InChI=1S/C23H20F2N4O4/c24-18-6-3-12(8-19(18)25)13-1-5-17(23(32)33)20(9-13)28-11-15-7-14(21(10-26)29-27)2-4-16(15)22(30)31/h1-10,28-29H,11,26-27H2,(H,30,31)(H,32,33)/b21-10-. The van der Waals surface area contributed by atoms with Crippen LogP contribution in [-0.4, -0.2) is 22.2 Å². The van der Waals surface area contributed by atoms with Crippen molar-refractivity contribution in [3.63, 3.8) is 0 Å². The molecule has 170 valence electrons. The van der Waals surface area contributed by atoms with E-state index in [1.165, 1.54) is 42.6 Å². The summed E-state index contributed by atoms with van der Waals surface area (Å²) in [7, 11) is 0. The molecule has 0 saturated heterocycles. The van der Waals surface area contributed by atoms with Gasteiger partial charge in [0.2, 0.25) is 0 Å². The van der Waals surface area contributed by atoms with E-state index in [2.05, 4.69) is 10.7 Å². The number of hydrazine groups is 1. The predicted octanol–water partition coefficient (Wildman–Crippen LogP) is 3.36. The minimum Gasteiger partial charge on any atom is -0.478 e. The zero-order valence-electron chi connectivity index (χ0n) is 17.1. The van der Waals surface area contributed by atoms with Crippen LogP contribution < -0.4 is 22.3 Å². The van der Waals surface area contributed by atoms with Crippen molar-refractivity contribution < 1.29 is 28.6 Å². The monoisotopic (exact) mass is 454 g/mol. The van der Waals surface area contributed by atoms with E-state index >= 15 is 0 Å². The first-order valence-corrected chi connectivity index (χ1v) is 9.57. The molecule has 3 aromatic carbocycles. The highest BCUT2D eigenvalue weighted by atomic mass is 19.2. The average Bonchev–Trinajstić information content (AvgIpc) is 2.80. The second-order valence-electron chi connectivity index (χ2n) is 6.95. The fourth-order valence-electron chi connectivity index (χ4n) is 3.27. The Hall–Kier alpha value is -4.44. The van der Waals surface area contributed by atoms with Crippen LogP contribution in [0.5, 0.6) is 0 Å². The summed E-state index contributed by atoms with van der Waals surface area (Å²) in [4.78, 5) is 23.3. The molecule has 3 aromatic rings. The van der Waals surface area contributed by atoms with E-state index in [0.29, 0.717) is 28.0 Å². The Morgan fingerprint density at radius 3 is 2.12 bits per heavy atom. The Labute approximate surface area is 187 Å². The number of benzene rings is 3. The van der Waals surface area contributed by atoms with Gasteiger partial charge in [0.15, 0.2) is 11.6 Å². The number of carbonyl (C=O) groups is 2. The molecule has 0 aliphatic rings. The van der Waals surface area contributed by atoms with Gasteiger partial charge in [0, 0.05) is 24.0 Å². The Morgan fingerprint density at radius 2 is 1.52 bits per heavy atom. The van der Waals surface area contributed by atoms with Gasteiger partial charge in [-0.3, -0.25) is 5.84 Å². The molecule has 0 spiro atoms. The average molecular weight is 454 g/mol. The summed E-state index contributed by atoms with van der Waals surface area (Å²) >= 11 is 0. The Morgan fingerprint density at radius 1 is 0.879 bits per heavy atom. The van der Waals surface area contributed by atoms with E-state index in [1.807, 2.05) is 0 Å². The summed E-state index contributed by atoms with van der Waals surface area (Å²) in [6.07, 6.45) is 1.22. The highest BCUT2D eigenvalue weighted by molar-refractivity contribution is 5.95. The normalized spacial score (nSPS) is 11.2. The van der Waals surface area contributed by atoms with Gasteiger partial charge in [-0.25, -0.2) is 18.4 Å². The topological polar surface area (TPSA) is 151 Å². The molecule has 0 saturated carbocycles. The molecular formula is C23H20F2N4O4. The highest BCUT2D eigenvalue weighted by Crippen LogP contribution is 2.28. The van der Waals surface area contributed by atoms with Gasteiger partial charge < -0.3 is 26.7 Å². The van der Waals surface area contributed by atoms with E-state index in [1.54, 1.807) is 6.07 Å². The van der Waals surface area contributed by atoms with Crippen LogP contribution in [0.1, 0.15) is 31.8 Å². The fourth-order valence-corrected chi connectivity index (χ4v) is 3.27. The second kappa shape index (κ2) is 9.79. The van der Waals surface area contributed by atoms with Crippen molar-refractivity contribution in [1.82, 2.24) is 5.43 Å². The maximum Gasteiger partial charge on any atom is 0.337 e. The van der Waals surface area contributed by atoms with Crippen molar-refractivity contribution in [1.29, 1.82) is 0 Å². The molecule has 0 amide bonds. The van der Waals surface area contributed by atoms with Gasteiger partial charge in [-0.15, -0.1) is 0 Å². The van der Waals surface area contributed by atoms with Gasteiger partial charge in [0.1, 0.15) is 0 Å². The number of anilines is 1. The summed E-state index contributed by atoms with van der Waals surface area (Å²) in [6, 6.07) is 12.1. The molecule has 0 bridgehead atoms. The molecular weight excluding hydrogens is 434 g/mol. The maximum absolute atomic E-state index is 13.7. The molecule has 33 heavy (non-hydrogen) atoms. The highest BCUT2D eigenvalue weighted by Gasteiger charge is 2.16. The number of nitrogens with two attached hydrogens (primary N) is 2. The fraction of sp³-hybridized carbons (Fsp3) is 0.0435. The smallest absolute Gasteiger partial charge is 0.337 e. The van der Waals surface area contributed by atoms with Crippen LogP contribution >= 0.6 is 0 Å².